The molecule has 0 fully saturated rings. The normalized spacial score (nSPS) is 14.7. The first kappa shape index (κ1) is 22.2. The van der Waals surface area contributed by atoms with Crippen molar-refractivity contribution in [3.8, 4) is 11.3 Å². The lowest BCUT2D eigenvalue weighted by atomic mass is 9.99. The van der Waals surface area contributed by atoms with E-state index < -0.39 is 5.91 Å². The molecule has 0 aliphatic carbocycles. The van der Waals surface area contributed by atoms with Gasteiger partial charge in [-0.2, -0.15) is 5.10 Å². The zero-order chi connectivity index (χ0) is 24.8. The summed E-state index contributed by atoms with van der Waals surface area (Å²) in [6.45, 7) is 0.988. The summed E-state index contributed by atoms with van der Waals surface area (Å²) in [5, 5.41) is 8.21. The minimum absolute atomic E-state index is 0.0827. The van der Waals surface area contributed by atoms with E-state index in [2.05, 4.69) is 15.2 Å². The first-order valence-electron chi connectivity index (χ1n) is 11.5. The van der Waals surface area contributed by atoms with E-state index >= 15 is 0 Å². The Morgan fingerprint density at radius 2 is 1.81 bits per heavy atom. The van der Waals surface area contributed by atoms with Gasteiger partial charge in [-0.25, -0.2) is 0 Å². The van der Waals surface area contributed by atoms with E-state index in [-0.39, 0.29) is 23.9 Å². The highest BCUT2D eigenvalue weighted by atomic mass is 35.5. The number of rotatable bonds is 4. The third-order valence-electron chi connectivity index (χ3n) is 6.60. The molecule has 8 nitrogen and oxygen atoms in total. The molecule has 1 N–H and O–H groups in total. The van der Waals surface area contributed by atoms with E-state index in [1.165, 1.54) is 6.07 Å². The number of aromatic nitrogens is 3. The van der Waals surface area contributed by atoms with E-state index in [4.69, 9.17) is 11.6 Å². The SMILES string of the molecule is O=C(c1ccc2c(c1)C(=O)N(Cc1ccccn1)C2=O)N1CCc2[nH]nc(-c3ccc(Cl)cc3)c2C1. The largest absolute Gasteiger partial charge is 0.334 e. The van der Waals surface area contributed by atoms with E-state index in [9.17, 15) is 14.4 Å². The van der Waals surface area contributed by atoms with Gasteiger partial charge in [-0.3, -0.25) is 29.4 Å². The fourth-order valence-electron chi connectivity index (χ4n) is 4.72. The van der Waals surface area contributed by atoms with Crippen molar-refractivity contribution >= 4 is 29.3 Å². The van der Waals surface area contributed by atoms with Crippen LogP contribution in [-0.2, 0) is 19.5 Å². The summed E-state index contributed by atoms with van der Waals surface area (Å²) in [6.07, 6.45) is 2.26. The standard InChI is InChI=1S/C27H20ClN5O3/c28-18-7-4-16(5-8-18)24-22-15-32(12-10-23(22)30-31-24)25(34)17-6-9-20-21(13-17)27(36)33(26(20)35)14-19-3-1-2-11-29-19/h1-9,11,13H,10,12,14-15H2,(H,30,31). The molecule has 4 heterocycles. The Morgan fingerprint density at radius 1 is 1.00 bits per heavy atom. The smallest absolute Gasteiger partial charge is 0.261 e. The number of halogens is 1. The van der Waals surface area contributed by atoms with Crippen LogP contribution in [0.15, 0.2) is 66.9 Å². The average Bonchev–Trinajstić information content (AvgIpc) is 3.43. The van der Waals surface area contributed by atoms with Crippen LogP contribution in [0.25, 0.3) is 11.3 Å². The van der Waals surface area contributed by atoms with Gasteiger partial charge in [-0.05, 0) is 42.5 Å². The third-order valence-corrected chi connectivity index (χ3v) is 6.85. The van der Waals surface area contributed by atoms with E-state index in [0.717, 1.165) is 27.4 Å². The quantitative estimate of drug-likeness (QED) is 0.427. The number of nitrogens with zero attached hydrogens (tertiary/aromatic N) is 4. The highest BCUT2D eigenvalue weighted by molar-refractivity contribution is 6.30. The van der Waals surface area contributed by atoms with Gasteiger partial charge < -0.3 is 4.90 Å². The number of hydrogen-bond donors (Lipinski definition) is 1. The van der Waals surface area contributed by atoms with Crippen LogP contribution < -0.4 is 0 Å². The molecule has 2 aromatic heterocycles. The molecule has 0 atom stereocenters. The van der Waals surface area contributed by atoms with Crippen LogP contribution in [0.2, 0.25) is 5.02 Å². The molecular weight excluding hydrogens is 478 g/mol. The first-order valence-corrected chi connectivity index (χ1v) is 11.9. The average molecular weight is 498 g/mol. The fourth-order valence-corrected chi connectivity index (χ4v) is 4.84. The lowest BCUT2D eigenvalue weighted by molar-refractivity contribution is 0.0640. The van der Waals surface area contributed by atoms with Crippen LogP contribution in [0.3, 0.4) is 0 Å². The van der Waals surface area contributed by atoms with Crippen LogP contribution in [-0.4, -0.2) is 49.2 Å². The van der Waals surface area contributed by atoms with Crippen LogP contribution in [0.4, 0.5) is 0 Å². The van der Waals surface area contributed by atoms with Crippen molar-refractivity contribution < 1.29 is 14.4 Å². The van der Waals surface area contributed by atoms with Crippen molar-refractivity contribution in [2.75, 3.05) is 6.54 Å². The molecule has 2 aliphatic heterocycles. The number of amides is 3. The number of carbonyl (C=O) groups excluding carboxylic acids is 3. The Bertz CT molecular complexity index is 1510. The summed E-state index contributed by atoms with van der Waals surface area (Å²) in [6, 6.07) is 17.5. The topological polar surface area (TPSA) is 99.3 Å². The molecule has 0 saturated carbocycles. The summed E-state index contributed by atoms with van der Waals surface area (Å²) in [5.74, 6) is -1.00. The van der Waals surface area contributed by atoms with Crippen molar-refractivity contribution in [2.45, 2.75) is 19.5 Å². The molecule has 2 aliphatic rings. The van der Waals surface area contributed by atoms with Crippen LogP contribution in [0, 0.1) is 0 Å². The number of fused-ring (bicyclic) bond motifs is 2. The summed E-state index contributed by atoms with van der Waals surface area (Å²) in [7, 11) is 0. The van der Waals surface area contributed by atoms with Gasteiger partial charge in [0.25, 0.3) is 17.7 Å². The van der Waals surface area contributed by atoms with Gasteiger partial charge in [0.15, 0.2) is 0 Å². The lowest BCUT2D eigenvalue weighted by Crippen LogP contribution is -2.36. The number of hydrogen-bond acceptors (Lipinski definition) is 5. The van der Waals surface area contributed by atoms with Crippen LogP contribution >= 0.6 is 11.6 Å². The zero-order valence-electron chi connectivity index (χ0n) is 19.1. The van der Waals surface area contributed by atoms with Gasteiger partial charge in [-0.15, -0.1) is 0 Å². The van der Waals surface area contributed by atoms with Crippen molar-refractivity contribution in [3.05, 3.63) is 106 Å². The van der Waals surface area contributed by atoms with Crippen molar-refractivity contribution in [3.63, 3.8) is 0 Å². The molecule has 0 saturated heterocycles. The minimum Gasteiger partial charge on any atom is -0.334 e. The number of benzene rings is 2. The zero-order valence-corrected chi connectivity index (χ0v) is 19.8. The first-order chi connectivity index (χ1) is 17.5. The second-order valence-electron chi connectivity index (χ2n) is 8.79. The number of H-pyrrole nitrogens is 1. The van der Waals surface area contributed by atoms with Gasteiger partial charge in [0, 0.05) is 53.1 Å². The van der Waals surface area contributed by atoms with E-state index in [1.807, 2.05) is 24.3 Å². The van der Waals surface area contributed by atoms with Crippen molar-refractivity contribution in [2.24, 2.45) is 0 Å². The van der Waals surface area contributed by atoms with Crippen LogP contribution in [0.5, 0.6) is 0 Å². The van der Waals surface area contributed by atoms with Crippen molar-refractivity contribution in [1.82, 2.24) is 25.0 Å². The highest BCUT2D eigenvalue weighted by Crippen LogP contribution is 2.31. The van der Waals surface area contributed by atoms with Gasteiger partial charge in [0.2, 0.25) is 0 Å². The molecule has 4 aromatic rings. The number of aromatic amines is 1. The molecule has 0 spiro atoms. The van der Waals surface area contributed by atoms with Crippen molar-refractivity contribution in [1.29, 1.82) is 0 Å². The maximum absolute atomic E-state index is 13.4. The molecule has 3 amide bonds. The van der Waals surface area contributed by atoms with Gasteiger partial charge >= 0.3 is 0 Å². The van der Waals surface area contributed by atoms with Gasteiger partial charge in [-0.1, -0.05) is 29.8 Å². The maximum atomic E-state index is 13.4. The molecule has 178 valence electrons. The Morgan fingerprint density at radius 3 is 2.58 bits per heavy atom. The molecule has 0 radical (unpaired) electrons. The second-order valence-corrected chi connectivity index (χ2v) is 9.23. The number of nitrogens with one attached hydrogen (secondary N) is 1. The summed E-state index contributed by atoms with van der Waals surface area (Å²) < 4.78 is 0. The predicted octanol–water partition coefficient (Wildman–Crippen LogP) is 4.12. The molecule has 36 heavy (non-hydrogen) atoms. The Balaban J connectivity index is 1.24. The Kier molecular flexibility index (Phi) is 5.38. The van der Waals surface area contributed by atoms with E-state index in [1.54, 1.807) is 41.4 Å². The monoisotopic (exact) mass is 497 g/mol. The summed E-state index contributed by atoms with van der Waals surface area (Å²) in [4.78, 5) is 46.5. The predicted molar refractivity (Wildman–Crippen MR) is 132 cm³/mol. The number of carbonyl (C=O) groups is 3. The minimum atomic E-state index is -0.420. The van der Waals surface area contributed by atoms with E-state index in [0.29, 0.717) is 41.4 Å². The maximum Gasteiger partial charge on any atom is 0.261 e. The van der Waals surface area contributed by atoms with Gasteiger partial charge in [0.1, 0.15) is 0 Å². The van der Waals surface area contributed by atoms with Gasteiger partial charge in [0.05, 0.1) is 29.1 Å². The summed E-state index contributed by atoms with van der Waals surface area (Å²) >= 11 is 6.03. The lowest BCUT2D eigenvalue weighted by Gasteiger charge is -2.27. The Labute approximate surface area is 211 Å². The Hall–Kier alpha value is -4.30. The third kappa shape index (κ3) is 3.76. The molecule has 0 unspecified atom stereocenters. The molecule has 6 rings (SSSR count). The van der Waals surface area contributed by atoms with Crippen LogP contribution in [0.1, 0.15) is 48.0 Å². The summed E-state index contributed by atoms with van der Waals surface area (Å²) in [5.41, 5.74) is 5.20. The molecular formula is C27H20ClN5O3. The fraction of sp³-hybridized carbons (Fsp3) is 0.148. The molecule has 2 aromatic carbocycles. The number of imide groups is 1. The molecule has 9 heteroatoms. The highest BCUT2D eigenvalue weighted by Gasteiger charge is 2.37. The second kappa shape index (κ2) is 8.73. The molecule has 0 bridgehead atoms. The number of pyridine rings is 1.